The molecule has 0 fully saturated rings. The largest absolute Gasteiger partial charge is 0.465 e. The summed E-state index contributed by atoms with van der Waals surface area (Å²) in [6, 6.07) is 2.96. The van der Waals surface area contributed by atoms with Gasteiger partial charge in [0.05, 0.1) is 29.1 Å². The van der Waals surface area contributed by atoms with Crippen molar-refractivity contribution in [1.82, 2.24) is 4.98 Å². The van der Waals surface area contributed by atoms with E-state index < -0.39 is 17.6 Å². The van der Waals surface area contributed by atoms with Crippen LogP contribution in [0.1, 0.15) is 10.4 Å². The van der Waals surface area contributed by atoms with E-state index in [1.54, 1.807) is 0 Å². The smallest absolute Gasteiger partial charge is 0.340 e. The predicted octanol–water partition coefficient (Wildman–Crippen LogP) is 3.13. The maximum atomic E-state index is 13.7. The Morgan fingerprint density at radius 3 is 2.76 bits per heavy atom. The molecule has 0 amide bonds. The number of carbonyl (C=O) groups excluding carboxylic acids is 1. The molecule has 0 aliphatic heterocycles. The van der Waals surface area contributed by atoms with E-state index in [2.05, 4.69) is 15.0 Å². The van der Waals surface area contributed by atoms with E-state index in [0.717, 1.165) is 6.07 Å². The number of hydrogen-bond acceptors (Lipinski definition) is 5. The number of methoxy groups -OCH3 is 1. The molecule has 1 aromatic carbocycles. The van der Waals surface area contributed by atoms with E-state index in [-0.39, 0.29) is 27.8 Å². The van der Waals surface area contributed by atoms with Gasteiger partial charge in [-0.3, -0.25) is 0 Å². The second-order valence-corrected chi connectivity index (χ2v) is 4.39. The quantitative estimate of drug-likeness (QED) is 0.851. The minimum Gasteiger partial charge on any atom is -0.465 e. The molecule has 0 aliphatic carbocycles. The molecule has 0 atom stereocenters. The highest BCUT2D eigenvalue weighted by Gasteiger charge is 2.17. The zero-order chi connectivity index (χ0) is 15.6. The number of pyridine rings is 1. The number of ether oxygens (including phenoxy) is 1. The number of aromatic nitrogens is 1. The first-order chi connectivity index (χ1) is 9.93. The van der Waals surface area contributed by atoms with E-state index in [1.807, 2.05) is 0 Å². The van der Waals surface area contributed by atoms with Gasteiger partial charge >= 0.3 is 5.97 Å². The Kier molecular flexibility index (Phi) is 4.23. The van der Waals surface area contributed by atoms with Gasteiger partial charge in [0.2, 0.25) is 0 Å². The molecule has 0 bridgehead atoms. The van der Waals surface area contributed by atoms with Crippen molar-refractivity contribution in [3.8, 4) is 0 Å². The van der Waals surface area contributed by atoms with Gasteiger partial charge in [0.15, 0.2) is 11.6 Å². The second kappa shape index (κ2) is 5.92. The molecule has 0 saturated heterocycles. The normalized spacial score (nSPS) is 10.3. The molecular formula is C13H10ClF2N3O2. The third-order valence-electron chi connectivity index (χ3n) is 2.65. The van der Waals surface area contributed by atoms with Crippen molar-refractivity contribution in [3.63, 3.8) is 0 Å². The average Bonchev–Trinajstić information content (AvgIpc) is 2.43. The van der Waals surface area contributed by atoms with Crippen LogP contribution in [0.25, 0.3) is 0 Å². The van der Waals surface area contributed by atoms with Gasteiger partial charge < -0.3 is 15.8 Å². The second-order valence-electron chi connectivity index (χ2n) is 3.98. The molecule has 0 unspecified atom stereocenters. The van der Waals surface area contributed by atoms with Crippen molar-refractivity contribution >= 4 is 34.8 Å². The van der Waals surface area contributed by atoms with Gasteiger partial charge in [-0.1, -0.05) is 11.6 Å². The Morgan fingerprint density at radius 2 is 2.14 bits per heavy atom. The minimum absolute atomic E-state index is 0.00491. The average molecular weight is 314 g/mol. The summed E-state index contributed by atoms with van der Waals surface area (Å²) < 4.78 is 31.3. The van der Waals surface area contributed by atoms with E-state index in [4.69, 9.17) is 17.3 Å². The van der Waals surface area contributed by atoms with Crippen LogP contribution in [0.4, 0.5) is 26.0 Å². The lowest BCUT2D eigenvalue weighted by atomic mass is 10.2. The lowest BCUT2D eigenvalue weighted by Crippen LogP contribution is -2.09. The Bertz CT molecular complexity index is 687. The van der Waals surface area contributed by atoms with Crippen LogP contribution in [0.15, 0.2) is 24.4 Å². The molecule has 2 aromatic rings. The van der Waals surface area contributed by atoms with Gasteiger partial charge in [-0.25, -0.2) is 18.6 Å². The van der Waals surface area contributed by atoms with Gasteiger partial charge in [0.25, 0.3) is 0 Å². The number of hydrogen-bond donors (Lipinski definition) is 2. The lowest BCUT2D eigenvalue weighted by Gasteiger charge is -2.12. The molecule has 5 nitrogen and oxygen atoms in total. The van der Waals surface area contributed by atoms with Gasteiger partial charge in [-0.15, -0.1) is 0 Å². The lowest BCUT2D eigenvalue weighted by molar-refractivity contribution is 0.0602. The van der Waals surface area contributed by atoms with Gasteiger partial charge in [-0.2, -0.15) is 0 Å². The number of carbonyl (C=O) groups is 1. The molecule has 3 N–H and O–H groups in total. The Balaban J connectivity index is 2.44. The number of benzene rings is 1. The van der Waals surface area contributed by atoms with Crippen molar-refractivity contribution in [2.75, 3.05) is 18.2 Å². The van der Waals surface area contributed by atoms with Crippen LogP contribution in [-0.4, -0.2) is 18.1 Å². The summed E-state index contributed by atoms with van der Waals surface area (Å²) in [5.41, 5.74) is 5.60. The van der Waals surface area contributed by atoms with Crippen LogP contribution in [0.3, 0.4) is 0 Å². The summed E-state index contributed by atoms with van der Waals surface area (Å²) in [4.78, 5) is 15.4. The molecule has 0 radical (unpaired) electrons. The fourth-order valence-corrected chi connectivity index (χ4v) is 1.88. The van der Waals surface area contributed by atoms with Gasteiger partial charge in [-0.05, 0) is 12.1 Å². The summed E-state index contributed by atoms with van der Waals surface area (Å²) >= 11 is 5.76. The number of halogens is 3. The number of nitrogens with one attached hydrogen (secondary N) is 1. The fraction of sp³-hybridized carbons (Fsp3) is 0.0769. The third-order valence-corrected chi connectivity index (χ3v) is 2.94. The monoisotopic (exact) mass is 313 g/mol. The zero-order valence-electron chi connectivity index (χ0n) is 10.8. The molecule has 1 aromatic heterocycles. The van der Waals surface area contributed by atoms with Crippen LogP contribution in [-0.2, 0) is 4.74 Å². The number of nitrogens with zero attached hydrogens (tertiary/aromatic N) is 1. The first-order valence-corrected chi connectivity index (χ1v) is 6.06. The predicted molar refractivity (Wildman–Crippen MR) is 74.6 cm³/mol. The van der Waals surface area contributed by atoms with E-state index >= 15 is 0 Å². The number of nitrogens with two attached hydrogens (primary N) is 1. The number of rotatable bonds is 3. The van der Waals surface area contributed by atoms with E-state index in [1.165, 1.54) is 19.4 Å². The number of anilines is 3. The van der Waals surface area contributed by atoms with Crippen LogP contribution in [0.5, 0.6) is 0 Å². The van der Waals surface area contributed by atoms with Crippen LogP contribution >= 0.6 is 11.6 Å². The number of nitrogen functional groups attached to an aromatic ring is 1. The Morgan fingerprint density at radius 1 is 1.43 bits per heavy atom. The standard InChI is InChI=1S/C13H10ClF2N3O2/c1-21-13(20)7-2-3-18-12(10(7)17)19-11-8(14)4-6(15)5-9(11)16/h2-5H,17H2,1H3,(H,18,19). The molecule has 0 aliphatic rings. The molecule has 0 spiro atoms. The maximum absolute atomic E-state index is 13.7. The maximum Gasteiger partial charge on any atom is 0.340 e. The SMILES string of the molecule is COC(=O)c1ccnc(Nc2c(F)cc(F)cc2Cl)c1N. The van der Waals surface area contributed by atoms with Crippen LogP contribution in [0.2, 0.25) is 5.02 Å². The molecule has 21 heavy (non-hydrogen) atoms. The summed E-state index contributed by atoms with van der Waals surface area (Å²) in [5.74, 6) is -2.38. The summed E-state index contributed by atoms with van der Waals surface area (Å²) in [6.45, 7) is 0. The Labute approximate surface area is 123 Å². The van der Waals surface area contributed by atoms with Gasteiger partial charge in [0, 0.05) is 12.3 Å². The van der Waals surface area contributed by atoms with Gasteiger partial charge in [0.1, 0.15) is 5.82 Å². The highest BCUT2D eigenvalue weighted by Crippen LogP contribution is 2.31. The third kappa shape index (κ3) is 3.03. The van der Waals surface area contributed by atoms with Crippen molar-refractivity contribution in [2.45, 2.75) is 0 Å². The van der Waals surface area contributed by atoms with Crippen LogP contribution < -0.4 is 11.1 Å². The first-order valence-electron chi connectivity index (χ1n) is 5.68. The summed E-state index contributed by atoms with van der Waals surface area (Å²) in [6.07, 6.45) is 1.29. The van der Waals surface area contributed by atoms with Crippen molar-refractivity contribution < 1.29 is 18.3 Å². The Hall–Kier alpha value is -2.41. The van der Waals surface area contributed by atoms with Crippen molar-refractivity contribution in [3.05, 3.63) is 46.6 Å². The first kappa shape index (κ1) is 15.0. The molecule has 1 heterocycles. The topological polar surface area (TPSA) is 77.2 Å². The highest BCUT2D eigenvalue weighted by atomic mass is 35.5. The van der Waals surface area contributed by atoms with Crippen molar-refractivity contribution in [1.29, 1.82) is 0 Å². The van der Waals surface area contributed by atoms with E-state index in [9.17, 15) is 13.6 Å². The highest BCUT2D eigenvalue weighted by molar-refractivity contribution is 6.33. The summed E-state index contributed by atoms with van der Waals surface area (Å²) in [5, 5.41) is 2.35. The fourth-order valence-electron chi connectivity index (χ4n) is 1.64. The van der Waals surface area contributed by atoms with Crippen LogP contribution in [0, 0.1) is 11.6 Å². The molecule has 8 heteroatoms. The summed E-state index contributed by atoms with van der Waals surface area (Å²) in [7, 11) is 1.20. The molecule has 110 valence electrons. The molecule has 2 rings (SSSR count). The number of esters is 1. The minimum atomic E-state index is -0.912. The zero-order valence-corrected chi connectivity index (χ0v) is 11.5. The molecule has 0 saturated carbocycles. The van der Waals surface area contributed by atoms with Crippen molar-refractivity contribution in [2.24, 2.45) is 0 Å². The van der Waals surface area contributed by atoms with E-state index in [0.29, 0.717) is 6.07 Å². The molecular weight excluding hydrogens is 304 g/mol.